The van der Waals surface area contributed by atoms with E-state index >= 15 is 0 Å². The highest BCUT2D eigenvalue weighted by molar-refractivity contribution is 5.88. The minimum absolute atomic E-state index is 0. The lowest BCUT2D eigenvalue weighted by atomic mass is 9.88. The van der Waals surface area contributed by atoms with Crippen LogP contribution in [0, 0.1) is 0 Å². The van der Waals surface area contributed by atoms with Crippen molar-refractivity contribution in [3.63, 3.8) is 0 Å². The van der Waals surface area contributed by atoms with Crippen LogP contribution < -0.4 is 46.9 Å². The van der Waals surface area contributed by atoms with Crippen molar-refractivity contribution in [3.8, 4) is 0 Å². The quantitative estimate of drug-likeness (QED) is 0.0249. The van der Waals surface area contributed by atoms with E-state index < -0.39 is 133 Å². The van der Waals surface area contributed by atoms with E-state index in [9.17, 15) is 92.3 Å². The molecule has 0 saturated carbocycles. The molecule has 0 aliphatic carbocycles. The Morgan fingerprint density at radius 1 is 0.631 bits per heavy atom. The largest absolute Gasteiger partial charge is 1.00 e. The van der Waals surface area contributed by atoms with Crippen LogP contribution in [0.1, 0.15) is 75.3 Å². The number of nitrogens with zero attached hydrogens (tertiary/aromatic N) is 2. The Bertz CT molecular complexity index is 2440. The minimum atomic E-state index is -4.77. The van der Waals surface area contributed by atoms with Gasteiger partial charge in [0.25, 0.3) is 35.2 Å². The molecular formula is C52H76Cl2F4N6O20. The van der Waals surface area contributed by atoms with Crippen molar-refractivity contribution in [3.05, 3.63) is 71.8 Å². The molecule has 18 N–H and O–H groups in total. The van der Waals surface area contributed by atoms with Crippen molar-refractivity contribution in [2.75, 3.05) is 39.4 Å². The summed E-state index contributed by atoms with van der Waals surface area (Å²) in [6.07, 6.45) is -14.1. The Morgan fingerprint density at radius 3 is 1.42 bits per heavy atom. The number of alkyl halides is 4. The molecule has 4 amide bonds. The van der Waals surface area contributed by atoms with Crippen LogP contribution in [-0.2, 0) is 60.9 Å². The Balaban J connectivity index is 0.000000430. The highest BCUT2D eigenvalue weighted by Gasteiger charge is 2.72. The Hall–Kier alpha value is -5.00. The van der Waals surface area contributed by atoms with E-state index in [2.05, 4.69) is 20.9 Å². The fourth-order valence-electron chi connectivity index (χ4n) is 9.74. The zero-order chi connectivity index (χ0) is 60.7. The number of unbranched alkanes of at least 4 members (excludes halogenated alkanes) is 2. The van der Waals surface area contributed by atoms with Gasteiger partial charge in [0.1, 0.15) is 74.1 Å². The molecule has 0 aromatic heterocycles. The first-order valence-corrected chi connectivity index (χ1v) is 26.8. The lowest BCUT2D eigenvalue weighted by molar-refractivity contribution is -0.407. The van der Waals surface area contributed by atoms with Crippen molar-refractivity contribution in [1.29, 1.82) is 0 Å². The number of hydrogen-bond donors (Lipinski definition) is 14. The molecule has 0 radical (unpaired) electrons. The van der Waals surface area contributed by atoms with Gasteiger partial charge in [0.15, 0.2) is 12.1 Å². The second-order valence-electron chi connectivity index (χ2n) is 20.5. The molecule has 4 aliphatic heterocycles. The summed E-state index contributed by atoms with van der Waals surface area (Å²) in [6, 6.07) is 15.3. The van der Waals surface area contributed by atoms with Gasteiger partial charge < -0.3 is 127 Å². The van der Waals surface area contributed by atoms with Crippen molar-refractivity contribution in [2.45, 2.75) is 174 Å². The fourth-order valence-corrected chi connectivity index (χ4v) is 9.74. The van der Waals surface area contributed by atoms with E-state index in [1.54, 1.807) is 0 Å². The van der Waals surface area contributed by atoms with Crippen LogP contribution in [-0.4, -0.2) is 232 Å². The average Bonchev–Trinajstić information content (AvgIpc) is 2.56. The molecule has 0 spiro atoms. The summed E-state index contributed by atoms with van der Waals surface area (Å²) >= 11 is 0. The Labute approximate surface area is 492 Å². The second kappa shape index (κ2) is 32.7. The van der Waals surface area contributed by atoms with Gasteiger partial charge in [0.2, 0.25) is 0 Å². The number of nitrogens with one attached hydrogen (secondary N) is 2. The number of amides is 4. The van der Waals surface area contributed by atoms with Gasteiger partial charge in [-0.15, -0.1) is 0 Å². The third kappa shape index (κ3) is 17.2. The molecule has 0 unspecified atom stereocenters. The zero-order valence-corrected chi connectivity index (χ0v) is 47.1. The maximum Gasteiger partial charge on any atom is 0.379 e. The monoisotopic (exact) mass is 1250 g/mol. The molecule has 4 saturated heterocycles. The average molecular weight is 1250 g/mol. The molecule has 476 valence electrons. The maximum atomic E-state index is 14.8. The molecule has 2 aromatic carbocycles. The predicted molar refractivity (Wildman–Crippen MR) is 269 cm³/mol. The number of benzene rings is 2. The number of esters is 2. The number of quaternary nitrogens is 2. The van der Waals surface area contributed by atoms with Gasteiger partial charge in [-0.3, -0.25) is 19.2 Å². The smallest absolute Gasteiger partial charge is 0.379 e. The maximum absolute atomic E-state index is 14.8. The lowest BCUT2D eigenvalue weighted by Crippen LogP contribution is -3.00. The van der Waals surface area contributed by atoms with Crippen LogP contribution >= 0.6 is 0 Å². The number of likely N-dealkylation sites (tertiary alicyclic amines) is 2. The summed E-state index contributed by atoms with van der Waals surface area (Å²) in [6.45, 7) is -1.75. The van der Waals surface area contributed by atoms with Gasteiger partial charge in [-0.05, 0) is 62.5 Å². The molecule has 14 atom stereocenters. The molecular weight excluding hydrogens is 1180 g/mol. The van der Waals surface area contributed by atoms with Gasteiger partial charge in [-0.25, -0.2) is 9.59 Å². The van der Waals surface area contributed by atoms with Gasteiger partial charge in [0, 0.05) is 39.0 Å². The van der Waals surface area contributed by atoms with Crippen molar-refractivity contribution in [1.82, 2.24) is 20.4 Å². The fraction of sp³-hybridized carbons (Fsp3) is 0.654. The van der Waals surface area contributed by atoms with Crippen LogP contribution in [0.4, 0.5) is 17.6 Å². The molecule has 26 nitrogen and oxygen atoms in total. The molecule has 2 aromatic rings. The van der Waals surface area contributed by atoms with Crippen molar-refractivity contribution < 1.29 is 153 Å². The normalized spacial score (nSPS) is 27.8. The first kappa shape index (κ1) is 73.3. The zero-order valence-electron chi connectivity index (χ0n) is 45.6. The topological polar surface area (TPSA) is 427 Å². The minimum Gasteiger partial charge on any atom is -1.00 e. The number of hydrogen-bond acceptors (Lipinski definition) is 20. The molecule has 4 heterocycles. The van der Waals surface area contributed by atoms with Gasteiger partial charge in [0.05, 0.1) is 13.2 Å². The van der Waals surface area contributed by atoms with Crippen LogP contribution in [0.2, 0.25) is 0 Å². The van der Waals surface area contributed by atoms with E-state index in [4.69, 9.17) is 14.6 Å². The number of ether oxygens (including phenoxy) is 4. The third-order valence-corrected chi connectivity index (χ3v) is 14.7. The summed E-state index contributed by atoms with van der Waals surface area (Å²) in [5.41, 5.74) is 9.35. The number of rotatable bonds is 25. The summed E-state index contributed by atoms with van der Waals surface area (Å²) in [5.74, 6) is -23.0. The Kier molecular flexibility index (Phi) is 28.5. The summed E-state index contributed by atoms with van der Waals surface area (Å²) < 4.78 is 78.9. The molecule has 84 heavy (non-hydrogen) atoms. The summed E-state index contributed by atoms with van der Waals surface area (Å²) in [5, 5.41) is 101. The van der Waals surface area contributed by atoms with Crippen LogP contribution in [0.15, 0.2) is 60.7 Å². The molecule has 0 bridgehead atoms. The number of aliphatic hydroxyl groups is 10. The lowest BCUT2D eigenvalue weighted by Gasteiger charge is -2.47. The van der Waals surface area contributed by atoms with Gasteiger partial charge >= 0.3 is 23.8 Å². The number of halogens is 6. The molecule has 32 heteroatoms. The number of carbonyl (C=O) groups excluding carboxylic acids is 6. The van der Waals surface area contributed by atoms with E-state index in [-0.39, 0.29) is 88.6 Å². The summed E-state index contributed by atoms with van der Waals surface area (Å²) in [7, 11) is 0. The Morgan fingerprint density at radius 2 is 1.02 bits per heavy atom. The van der Waals surface area contributed by atoms with E-state index in [0.717, 1.165) is 11.1 Å². The van der Waals surface area contributed by atoms with Crippen LogP contribution in [0.3, 0.4) is 0 Å². The summed E-state index contributed by atoms with van der Waals surface area (Å²) in [4.78, 5) is 78.3. The van der Waals surface area contributed by atoms with Crippen LogP contribution in [0.25, 0.3) is 0 Å². The van der Waals surface area contributed by atoms with Gasteiger partial charge in [-0.2, -0.15) is 17.6 Å². The predicted octanol–water partition coefficient (Wildman–Crippen LogP) is -11.2. The molecule has 4 aliphatic rings. The van der Waals surface area contributed by atoms with Gasteiger partial charge in [-0.1, -0.05) is 60.7 Å². The van der Waals surface area contributed by atoms with E-state index in [1.165, 1.54) is 9.80 Å². The third-order valence-electron chi connectivity index (χ3n) is 14.7. The standard InChI is InChI=1S/2C26H37F2N3O10.2ClH/c27-25(28,26(39)21(35)19(34)20(41-26)18(33)13-32)24(38)30-11-5-4-9-16(29)22(36)31-12-6-10-17(31)23(37)40-14-15-7-2-1-3-8-15;27-25(28,26(39)21(35)20(34)19(33)18(13-32)41-26)24(38)30-11-5-4-9-16(29)22(36)31-12-6-10-17(31)23(37)40-14-15-7-2-1-3-8-15;;/h2*1-3,7-8,16-21,32-35,39H,4-6,9-14,29H2,(H,30,38);2*1H/t16-,17-,18-,19+,20-,21+,26+;16-,17+,18+,19-,20-,21+,26+;;/m00../s1. The van der Waals surface area contributed by atoms with E-state index in [0.29, 0.717) is 51.6 Å². The van der Waals surface area contributed by atoms with Crippen molar-refractivity contribution >= 4 is 35.6 Å². The van der Waals surface area contributed by atoms with E-state index in [1.807, 2.05) is 71.3 Å². The first-order chi connectivity index (χ1) is 38.7. The first-order valence-electron chi connectivity index (χ1n) is 26.8. The SMILES string of the molecule is [Cl-].[Cl-].[NH3+][C@@H](CCCCNC(=O)C(F)(F)[C@]1(O)O[C@@H]([C@@H](O)CO)[C@@H](O)[C@H]1O)C(=O)N1CCC[C@H]1C(=O)OCc1ccccc1.[NH3+][C@@H](CCCCNC(=O)C(F)(F)[C@]1(O)O[C@H](CO)[C@H](O)[C@H](O)[C@H]1O)C(=O)N1CCC[C@@H]1C(=O)OCc1ccccc1. The molecule has 6 rings (SSSR count). The molecule has 4 fully saturated rings. The highest BCUT2D eigenvalue weighted by Crippen LogP contribution is 2.43. The number of aliphatic hydroxyl groups excluding tert-OH is 8. The number of carbonyl (C=O) groups is 6. The van der Waals surface area contributed by atoms with Crippen LogP contribution in [0.5, 0.6) is 0 Å². The highest BCUT2D eigenvalue weighted by atomic mass is 35.5. The second-order valence-corrected chi connectivity index (χ2v) is 20.5. The van der Waals surface area contributed by atoms with Crippen molar-refractivity contribution in [2.24, 2.45) is 0 Å².